The molecule has 0 unspecified atom stereocenters. The Labute approximate surface area is 105 Å². The fourth-order valence-electron chi connectivity index (χ4n) is 1.60. The molecule has 0 aliphatic rings. The van der Waals surface area contributed by atoms with Crippen LogP contribution in [0.1, 0.15) is 0 Å². The molecule has 0 saturated heterocycles. The summed E-state index contributed by atoms with van der Waals surface area (Å²) < 4.78 is 4.53. The molecule has 6 nitrogen and oxygen atoms in total. The summed E-state index contributed by atoms with van der Waals surface area (Å²) in [5, 5.41) is 7.27. The number of aromatic nitrogens is 5. The van der Waals surface area contributed by atoms with Crippen molar-refractivity contribution in [3.8, 4) is 0 Å². The van der Waals surface area contributed by atoms with Crippen LogP contribution in [0.25, 0.3) is 5.65 Å². The Balaban J connectivity index is 2.05. The van der Waals surface area contributed by atoms with Crippen LogP contribution in [0.2, 0.25) is 0 Å². The molecule has 3 aromatic heterocycles. The summed E-state index contributed by atoms with van der Waals surface area (Å²) in [7, 11) is 1.87. The molecular weight excluding hydrogens is 284 g/mol. The van der Waals surface area contributed by atoms with Crippen molar-refractivity contribution in [2.75, 3.05) is 5.32 Å². The molecule has 17 heavy (non-hydrogen) atoms. The lowest BCUT2D eigenvalue weighted by Gasteiger charge is -2.03. The minimum atomic E-state index is 0.700. The highest BCUT2D eigenvalue weighted by atomic mass is 79.9. The van der Waals surface area contributed by atoms with Gasteiger partial charge in [0.05, 0.1) is 18.1 Å². The second-order valence-electron chi connectivity index (χ2n) is 3.58. The maximum atomic E-state index is 4.29. The standard InChI is InChI=1S/C10H9BrN6/c1-16-6-7(4-14-16)15-9-10-13-5-8(11)17(10)3-2-12-9/h2-6H,1H3,(H,12,15). The molecule has 0 aromatic carbocycles. The number of imidazole rings is 1. The third-order valence-corrected chi connectivity index (χ3v) is 2.94. The van der Waals surface area contributed by atoms with Crippen LogP contribution in [0.3, 0.4) is 0 Å². The molecule has 0 amide bonds. The predicted molar refractivity (Wildman–Crippen MR) is 67.2 cm³/mol. The van der Waals surface area contributed by atoms with Crippen molar-refractivity contribution < 1.29 is 0 Å². The van der Waals surface area contributed by atoms with Crippen LogP contribution in [-0.4, -0.2) is 24.1 Å². The summed E-state index contributed by atoms with van der Waals surface area (Å²) in [5.74, 6) is 0.700. The lowest BCUT2D eigenvalue weighted by Crippen LogP contribution is -1.97. The molecule has 0 aliphatic carbocycles. The minimum absolute atomic E-state index is 0.700. The molecule has 0 aliphatic heterocycles. The van der Waals surface area contributed by atoms with E-state index in [0.29, 0.717) is 5.82 Å². The van der Waals surface area contributed by atoms with Crippen molar-refractivity contribution in [3.05, 3.63) is 35.6 Å². The summed E-state index contributed by atoms with van der Waals surface area (Å²) in [6.45, 7) is 0. The molecule has 86 valence electrons. The van der Waals surface area contributed by atoms with Crippen LogP contribution in [0, 0.1) is 0 Å². The van der Waals surface area contributed by atoms with Gasteiger partial charge in [0.2, 0.25) is 0 Å². The first-order chi connectivity index (χ1) is 8.24. The van der Waals surface area contributed by atoms with E-state index in [4.69, 9.17) is 0 Å². The van der Waals surface area contributed by atoms with Gasteiger partial charge in [-0.15, -0.1) is 0 Å². The first-order valence-electron chi connectivity index (χ1n) is 4.97. The quantitative estimate of drug-likeness (QED) is 0.784. The van der Waals surface area contributed by atoms with E-state index in [1.807, 2.05) is 23.8 Å². The van der Waals surface area contributed by atoms with Gasteiger partial charge < -0.3 is 5.32 Å². The number of nitrogens with one attached hydrogen (secondary N) is 1. The van der Waals surface area contributed by atoms with Crippen molar-refractivity contribution in [2.45, 2.75) is 0 Å². The Morgan fingerprint density at radius 2 is 2.18 bits per heavy atom. The molecule has 7 heteroatoms. The molecule has 0 bridgehead atoms. The molecule has 1 N–H and O–H groups in total. The summed E-state index contributed by atoms with van der Waals surface area (Å²) in [4.78, 5) is 8.56. The van der Waals surface area contributed by atoms with Gasteiger partial charge >= 0.3 is 0 Å². The number of aryl methyl sites for hydroxylation is 1. The largest absolute Gasteiger partial charge is 0.335 e. The zero-order valence-electron chi connectivity index (χ0n) is 9.00. The lowest BCUT2D eigenvalue weighted by molar-refractivity contribution is 0.768. The van der Waals surface area contributed by atoms with E-state index in [1.54, 1.807) is 23.3 Å². The highest BCUT2D eigenvalue weighted by molar-refractivity contribution is 9.10. The third-order valence-electron chi connectivity index (χ3n) is 2.35. The molecule has 3 rings (SSSR count). The van der Waals surface area contributed by atoms with E-state index in [0.717, 1.165) is 15.9 Å². The molecule has 0 spiro atoms. The van der Waals surface area contributed by atoms with Crippen LogP contribution in [0.5, 0.6) is 0 Å². The number of fused-ring (bicyclic) bond motifs is 1. The zero-order chi connectivity index (χ0) is 11.8. The number of anilines is 2. The lowest BCUT2D eigenvalue weighted by atomic mass is 10.5. The SMILES string of the molecule is Cn1cc(Nc2nccn3c(Br)cnc23)cn1. The number of halogens is 1. The van der Waals surface area contributed by atoms with E-state index < -0.39 is 0 Å². The van der Waals surface area contributed by atoms with Crippen molar-refractivity contribution in [1.82, 2.24) is 24.1 Å². The highest BCUT2D eigenvalue weighted by Crippen LogP contribution is 2.20. The number of hydrogen-bond acceptors (Lipinski definition) is 4. The van der Waals surface area contributed by atoms with Gasteiger partial charge in [-0.3, -0.25) is 9.08 Å². The first-order valence-corrected chi connectivity index (χ1v) is 5.76. The van der Waals surface area contributed by atoms with Crippen molar-refractivity contribution in [1.29, 1.82) is 0 Å². The predicted octanol–water partition coefficient (Wildman–Crippen LogP) is 1.97. The van der Waals surface area contributed by atoms with Crippen LogP contribution >= 0.6 is 15.9 Å². The zero-order valence-corrected chi connectivity index (χ0v) is 10.6. The maximum absolute atomic E-state index is 4.29. The molecular formula is C10H9BrN6. The first kappa shape index (κ1) is 10.3. The van der Waals surface area contributed by atoms with Gasteiger partial charge in [-0.25, -0.2) is 9.97 Å². The number of hydrogen-bond donors (Lipinski definition) is 1. The van der Waals surface area contributed by atoms with Gasteiger partial charge in [0.15, 0.2) is 11.5 Å². The van der Waals surface area contributed by atoms with Gasteiger partial charge in [-0.2, -0.15) is 5.10 Å². The Morgan fingerprint density at radius 3 is 2.94 bits per heavy atom. The van der Waals surface area contributed by atoms with Crippen LogP contribution < -0.4 is 5.32 Å². The van der Waals surface area contributed by atoms with Crippen molar-refractivity contribution in [3.63, 3.8) is 0 Å². The Morgan fingerprint density at radius 1 is 1.29 bits per heavy atom. The van der Waals surface area contributed by atoms with E-state index in [-0.39, 0.29) is 0 Å². The fourth-order valence-corrected chi connectivity index (χ4v) is 1.99. The van der Waals surface area contributed by atoms with Gasteiger partial charge in [0.25, 0.3) is 0 Å². The summed E-state index contributed by atoms with van der Waals surface area (Å²) >= 11 is 3.42. The smallest absolute Gasteiger partial charge is 0.181 e. The fraction of sp³-hybridized carbons (Fsp3) is 0.100. The minimum Gasteiger partial charge on any atom is -0.335 e. The topological polar surface area (TPSA) is 60.0 Å². The Hall–Kier alpha value is -1.89. The summed E-state index contributed by atoms with van der Waals surface area (Å²) in [5.41, 5.74) is 1.65. The van der Waals surface area contributed by atoms with Gasteiger partial charge in [-0.1, -0.05) is 0 Å². The van der Waals surface area contributed by atoms with E-state index >= 15 is 0 Å². The normalized spacial score (nSPS) is 10.9. The van der Waals surface area contributed by atoms with E-state index in [1.165, 1.54) is 0 Å². The van der Waals surface area contributed by atoms with Gasteiger partial charge in [-0.05, 0) is 15.9 Å². The average molecular weight is 293 g/mol. The maximum Gasteiger partial charge on any atom is 0.181 e. The molecule has 0 radical (unpaired) electrons. The third kappa shape index (κ3) is 1.78. The van der Waals surface area contributed by atoms with Crippen LogP contribution in [0.4, 0.5) is 11.5 Å². The molecule has 0 saturated carbocycles. The number of nitrogens with zero attached hydrogens (tertiary/aromatic N) is 5. The summed E-state index contributed by atoms with van der Waals surface area (Å²) in [6, 6.07) is 0. The van der Waals surface area contributed by atoms with Gasteiger partial charge in [0, 0.05) is 25.6 Å². The van der Waals surface area contributed by atoms with Crippen molar-refractivity contribution in [2.24, 2.45) is 7.05 Å². The summed E-state index contributed by atoms with van der Waals surface area (Å²) in [6.07, 6.45) is 8.93. The second kappa shape index (κ2) is 3.85. The Kier molecular flexibility index (Phi) is 2.32. The number of rotatable bonds is 2. The molecule has 3 heterocycles. The molecule has 3 aromatic rings. The van der Waals surface area contributed by atoms with Crippen molar-refractivity contribution >= 4 is 33.1 Å². The Bertz CT molecular complexity index is 670. The van der Waals surface area contributed by atoms with E-state index in [9.17, 15) is 0 Å². The van der Waals surface area contributed by atoms with Crippen LogP contribution in [0.15, 0.2) is 35.6 Å². The highest BCUT2D eigenvalue weighted by Gasteiger charge is 2.07. The molecule has 0 fully saturated rings. The second-order valence-corrected chi connectivity index (χ2v) is 4.39. The average Bonchev–Trinajstić information content (AvgIpc) is 2.88. The van der Waals surface area contributed by atoms with E-state index in [2.05, 4.69) is 36.3 Å². The van der Waals surface area contributed by atoms with Crippen LogP contribution in [-0.2, 0) is 7.05 Å². The molecule has 0 atom stereocenters. The van der Waals surface area contributed by atoms with Gasteiger partial charge in [0.1, 0.15) is 4.60 Å². The monoisotopic (exact) mass is 292 g/mol.